The number of hydrogen-bond donors (Lipinski definition) is 1. The Kier molecular flexibility index (Phi) is 8.32. The Labute approximate surface area is 296 Å². The number of carbonyl (C=O) groups excluding carboxylic acids is 4. The molecule has 1 heterocycles. The zero-order valence-electron chi connectivity index (χ0n) is 28.3. The van der Waals surface area contributed by atoms with Crippen LogP contribution >= 0.6 is 0 Å². The van der Waals surface area contributed by atoms with Crippen LogP contribution in [-0.4, -0.2) is 52.4 Å². The van der Waals surface area contributed by atoms with Gasteiger partial charge < -0.3 is 14.7 Å². The van der Waals surface area contributed by atoms with E-state index in [1.54, 1.807) is 18.2 Å². The van der Waals surface area contributed by atoms with Gasteiger partial charge in [-0.15, -0.1) is 0 Å². The number of phenols is 1. The third kappa shape index (κ3) is 5.43. The van der Waals surface area contributed by atoms with Crippen LogP contribution in [0, 0.1) is 38.0 Å². The number of benzene rings is 3. The van der Waals surface area contributed by atoms with Crippen molar-refractivity contribution in [3.05, 3.63) is 126 Å². The molecule has 14 nitrogen and oxygen atoms in total. The number of Topliss-reactive ketones (excluding diaryl/α,β-unsaturated/α-hetero) is 1. The van der Waals surface area contributed by atoms with Crippen molar-refractivity contribution in [1.29, 1.82) is 0 Å². The molecule has 1 N–H and O–H groups in total. The number of carbonyl (C=O) groups is 4. The van der Waals surface area contributed by atoms with E-state index in [4.69, 9.17) is 4.74 Å². The highest BCUT2D eigenvalue weighted by Gasteiger charge is 2.57. The Hall–Kier alpha value is -6.44. The number of hydrogen-bond acceptors (Lipinski definition) is 11. The standard InChI is InChI=1S/C38H32N4O10/c1-19-13-30(43)27-17-26-23(32(34(27)36(19)45)24-10-9-22(16-31(24)44)52-18-20-7-5-4-6-8-20)11-12-25-33(26)38(47)40(37(25)46)21-14-28(41(48)49)35(39(2)3)29(15-21)42(50)51/h4-11,13-16,25-26,32-33,44H,12,17-18H2,1-3H3/t25-,26+,32+,33-/m0/s1. The Balaban J connectivity index is 1.30. The second-order valence-corrected chi connectivity index (χ2v) is 13.5. The Morgan fingerprint density at radius 2 is 1.60 bits per heavy atom. The summed E-state index contributed by atoms with van der Waals surface area (Å²) in [6, 6.07) is 16.1. The molecule has 0 bridgehead atoms. The third-order valence-electron chi connectivity index (χ3n) is 10.3. The van der Waals surface area contributed by atoms with Crippen LogP contribution in [0.3, 0.4) is 0 Å². The number of ether oxygens (including phenoxy) is 1. The third-order valence-corrected chi connectivity index (χ3v) is 10.3. The number of anilines is 2. The molecule has 0 spiro atoms. The van der Waals surface area contributed by atoms with Crippen molar-refractivity contribution in [2.24, 2.45) is 17.8 Å². The van der Waals surface area contributed by atoms with Gasteiger partial charge in [0.05, 0.1) is 27.4 Å². The molecule has 0 aromatic heterocycles. The quantitative estimate of drug-likeness (QED) is 0.103. The summed E-state index contributed by atoms with van der Waals surface area (Å²) in [5, 5.41) is 35.6. The van der Waals surface area contributed by atoms with Crippen LogP contribution in [0.1, 0.15) is 36.8 Å². The maximum absolute atomic E-state index is 14.4. The molecule has 4 aliphatic rings. The van der Waals surface area contributed by atoms with Gasteiger partial charge in [-0.25, -0.2) is 4.90 Å². The van der Waals surface area contributed by atoms with Crippen LogP contribution in [0.4, 0.5) is 22.7 Å². The van der Waals surface area contributed by atoms with Crippen molar-refractivity contribution in [2.45, 2.75) is 32.3 Å². The van der Waals surface area contributed by atoms with E-state index in [2.05, 4.69) is 0 Å². The number of phenolic OH excluding ortho intramolecular Hbond substituents is 1. The van der Waals surface area contributed by atoms with Crippen molar-refractivity contribution < 1.29 is 38.9 Å². The largest absolute Gasteiger partial charge is 0.507 e. The topological polar surface area (TPSA) is 190 Å². The minimum Gasteiger partial charge on any atom is -0.507 e. The van der Waals surface area contributed by atoms with Gasteiger partial charge in [0.1, 0.15) is 18.1 Å². The van der Waals surface area contributed by atoms with E-state index < -0.39 is 62.5 Å². The molecular formula is C38H32N4O10. The molecule has 2 amide bonds. The highest BCUT2D eigenvalue weighted by atomic mass is 16.6. The van der Waals surface area contributed by atoms with E-state index in [9.17, 15) is 44.5 Å². The maximum atomic E-state index is 14.4. The molecule has 52 heavy (non-hydrogen) atoms. The summed E-state index contributed by atoms with van der Waals surface area (Å²) in [6.07, 6.45) is 3.01. The molecule has 7 rings (SSSR count). The van der Waals surface area contributed by atoms with Crippen molar-refractivity contribution in [3.8, 4) is 11.5 Å². The molecule has 0 saturated carbocycles. The fourth-order valence-corrected chi connectivity index (χ4v) is 8.02. The Morgan fingerprint density at radius 3 is 2.21 bits per heavy atom. The number of rotatable bonds is 8. The van der Waals surface area contributed by atoms with Crippen LogP contribution in [-0.2, 0) is 25.8 Å². The first kappa shape index (κ1) is 34.0. The lowest BCUT2D eigenvalue weighted by Crippen LogP contribution is -2.39. The zero-order valence-corrected chi connectivity index (χ0v) is 28.3. The molecule has 1 aliphatic heterocycles. The molecule has 264 valence electrons. The number of aromatic hydroxyl groups is 1. The first-order valence-electron chi connectivity index (χ1n) is 16.5. The minimum absolute atomic E-state index is 0.0427. The molecule has 0 radical (unpaired) electrons. The van der Waals surface area contributed by atoms with Crippen molar-refractivity contribution >= 4 is 46.1 Å². The van der Waals surface area contributed by atoms with Crippen molar-refractivity contribution in [3.63, 3.8) is 0 Å². The van der Waals surface area contributed by atoms with Crippen molar-refractivity contribution in [1.82, 2.24) is 0 Å². The molecule has 14 heteroatoms. The van der Waals surface area contributed by atoms with E-state index in [1.807, 2.05) is 30.3 Å². The molecule has 1 fully saturated rings. The highest BCUT2D eigenvalue weighted by molar-refractivity contribution is 6.25. The Bertz CT molecular complexity index is 2190. The fraction of sp³-hybridized carbons (Fsp3) is 0.263. The van der Waals surface area contributed by atoms with Crippen LogP contribution in [0.5, 0.6) is 11.5 Å². The molecule has 0 unspecified atom stereocenters. The average Bonchev–Trinajstić information content (AvgIpc) is 3.37. The predicted octanol–water partition coefficient (Wildman–Crippen LogP) is 5.49. The molecule has 1 saturated heterocycles. The summed E-state index contributed by atoms with van der Waals surface area (Å²) in [5.74, 6) is -5.75. The second-order valence-electron chi connectivity index (χ2n) is 13.5. The summed E-state index contributed by atoms with van der Waals surface area (Å²) in [4.78, 5) is 80.1. The molecule has 3 aromatic carbocycles. The number of nitro benzene ring substituents is 2. The summed E-state index contributed by atoms with van der Waals surface area (Å²) < 4.78 is 5.90. The lowest BCUT2D eigenvalue weighted by atomic mass is 9.59. The van der Waals surface area contributed by atoms with Gasteiger partial charge in [0.15, 0.2) is 17.3 Å². The second kappa shape index (κ2) is 12.7. The predicted molar refractivity (Wildman–Crippen MR) is 187 cm³/mol. The first-order chi connectivity index (χ1) is 24.8. The monoisotopic (exact) mass is 704 g/mol. The van der Waals surface area contributed by atoms with Crippen LogP contribution in [0.15, 0.2) is 95.1 Å². The molecule has 4 atom stereocenters. The lowest BCUT2D eigenvalue weighted by Gasteiger charge is -2.42. The average molecular weight is 705 g/mol. The van der Waals surface area contributed by atoms with E-state index in [-0.39, 0.29) is 59.1 Å². The summed E-state index contributed by atoms with van der Waals surface area (Å²) in [6.45, 7) is 1.78. The molecule has 3 aliphatic carbocycles. The summed E-state index contributed by atoms with van der Waals surface area (Å²) in [5.41, 5.74) is 0.470. The van der Waals surface area contributed by atoms with Gasteiger partial charge in [-0.05, 0) is 43.4 Å². The number of nitrogens with zero attached hydrogens (tertiary/aromatic N) is 4. The summed E-state index contributed by atoms with van der Waals surface area (Å²) >= 11 is 0. The lowest BCUT2D eigenvalue weighted by molar-refractivity contribution is -0.392. The number of amides is 2. The maximum Gasteiger partial charge on any atom is 0.301 e. The molecular weight excluding hydrogens is 672 g/mol. The minimum atomic E-state index is -1.05. The van der Waals surface area contributed by atoms with Crippen LogP contribution in [0.2, 0.25) is 0 Å². The van der Waals surface area contributed by atoms with E-state index in [0.29, 0.717) is 16.9 Å². The van der Waals surface area contributed by atoms with Gasteiger partial charge in [0, 0.05) is 60.5 Å². The van der Waals surface area contributed by atoms with E-state index in [1.165, 1.54) is 38.1 Å². The van der Waals surface area contributed by atoms with Crippen LogP contribution in [0.25, 0.3) is 0 Å². The van der Waals surface area contributed by atoms with Gasteiger partial charge >= 0.3 is 11.4 Å². The Morgan fingerprint density at radius 1 is 0.923 bits per heavy atom. The smallest absolute Gasteiger partial charge is 0.301 e. The summed E-state index contributed by atoms with van der Waals surface area (Å²) in [7, 11) is 2.81. The van der Waals surface area contributed by atoms with Gasteiger partial charge in [-0.1, -0.05) is 48.0 Å². The van der Waals surface area contributed by atoms with Gasteiger partial charge in [0.2, 0.25) is 11.8 Å². The first-order valence-corrected chi connectivity index (χ1v) is 16.5. The van der Waals surface area contributed by atoms with Crippen LogP contribution < -0.4 is 14.5 Å². The van der Waals surface area contributed by atoms with Gasteiger partial charge in [0.25, 0.3) is 0 Å². The number of fused-ring (bicyclic) bond motifs is 3. The fourth-order valence-electron chi connectivity index (χ4n) is 8.02. The zero-order chi connectivity index (χ0) is 37.2. The number of ketones is 2. The molecule has 3 aromatic rings. The van der Waals surface area contributed by atoms with Crippen molar-refractivity contribution in [2.75, 3.05) is 23.9 Å². The number of imide groups is 1. The normalized spacial score (nSPS) is 22.3. The number of nitro groups is 2. The van der Waals surface area contributed by atoms with Gasteiger partial charge in [-0.3, -0.25) is 39.4 Å². The van der Waals surface area contributed by atoms with E-state index >= 15 is 0 Å². The van der Waals surface area contributed by atoms with E-state index in [0.717, 1.165) is 22.6 Å². The highest BCUT2D eigenvalue weighted by Crippen LogP contribution is 2.57. The SMILES string of the molecule is CC1=CC(=O)C2=C(C1=O)[C@@H](c1ccc(OCc3ccccc3)cc1O)C1=CC[C@@H]3C(=O)N(c4cc([N+](=O)[O-])c(N(C)C)c([N+](=O)[O-])c4)C(=O)[C@@H]3[C@@H]1C2. The van der Waals surface area contributed by atoms with Gasteiger partial charge in [-0.2, -0.15) is 0 Å². The number of allylic oxidation sites excluding steroid dienone is 6.